The van der Waals surface area contributed by atoms with Gasteiger partial charge in [-0.2, -0.15) is 0 Å². The highest BCUT2D eigenvalue weighted by molar-refractivity contribution is 5.94. The molecule has 0 spiro atoms. The fraction of sp³-hybridized carbons (Fsp3) is 0.240. The summed E-state index contributed by atoms with van der Waals surface area (Å²) in [7, 11) is 3.74. The maximum atomic E-state index is 12.7. The Morgan fingerprint density at radius 3 is 2.35 bits per heavy atom. The number of hydrogen-bond acceptors (Lipinski definition) is 5. The van der Waals surface area contributed by atoms with Crippen molar-refractivity contribution in [3.63, 3.8) is 0 Å². The predicted octanol–water partition coefficient (Wildman–Crippen LogP) is 4.08. The number of methoxy groups -OCH3 is 1. The first kappa shape index (κ1) is 20.8. The van der Waals surface area contributed by atoms with Crippen LogP contribution in [0.1, 0.15) is 10.4 Å². The first-order chi connectivity index (χ1) is 15.0. The lowest BCUT2D eigenvalue weighted by Crippen LogP contribution is -2.47. The second-order valence-electron chi connectivity index (χ2n) is 7.80. The van der Waals surface area contributed by atoms with Crippen LogP contribution in [0.3, 0.4) is 0 Å². The largest absolute Gasteiger partial charge is 0.496 e. The van der Waals surface area contributed by atoms with E-state index in [0.29, 0.717) is 11.3 Å². The first-order valence-corrected chi connectivity index (χ1v) is 10.4. The predicted molar refractivity (Wildman–Crippen MR) is 126 cm³/mol. The maximum Gasteiger partial charge on any atom is 0.253 e. The van der Waals surface area contributed by atoms with E-state index in [1.165, 1.54) is 0 Å². The molecular formula is C25H28N4O2. The van der Waals surface area contributed by atoms with E-state index >= 15 is 0 Å². The van der Waals surface area contributed by atoms with Crippen LogP contribution in [0.25, 0.3) is 11.1 Å². The number of nitrogens with zero attached hydrogens (tertiary/aromatic N) is 2. The van der Waals surface area contributed by atoms with E-state index in [0.717, 1.165) is 54.4 Å². The number of carbonyl (C=O) groups is 1. The molecule has 1 aliphatic rings. The molecule has 1 amide bonds. The maximum absolute atomic E-state index is 12.7. The molecule has 0 saturated carbocycles. The third-order valence-electron chi connectivity index (χ3n) is 5.67. The number of nitrogens with two attached hydrogens (primary N) is 1. The zero-order valence-corrected chi connectivity index (χ0v) is 18.0. The molecule has 3 aromatic rings. The minimum Gasteiger partial charge on any atom is -0.496 e. The zero-order chi connectivity index (χ0) is 21.8. The van der Waals surface area contributed by atoms with Crippen LogP contribution in [-0.4, -0.2) is 56.0 Å². The van der Waals surface area contributed by atoms with Crippen LogP contribution in [-0.2, 0) is 0 Å². The summed E-state index contributed by atoms with van der Waals surface area (Å²) in [6.45, 7) is 3.36. The lowest BCUT2D eigenvalue weighted by molar-refractivity contribution is 0.0664. The number of para-hydroxylation sites is 1. The molecule has 1 heterocycles. The van der Waals surface area contributed by atoms with E-state index in [1.807, 2.05) is 71.6 Å². The molecular weight excluding hydrogens is 388 g/mol. The number of rotatable bonds is 5. The molecule has 0 unspecified atom stereocenters. The Hall–Kier alpha value is -3.51. The SMILES string of the molecule is COc1ccccc1-c1ccc(Nc2ccc(C(=O)N3CCN(C)CC3)cc2)c(N)c1. The van der Waals surface area contributed by atoms with E-state index in [9.17, 15) is 4.79 Å². The van der Waals surface area contributed by atoms with Crippen molar-refractivity contribution in [1.29, 1.82) is 0 Å². The Bertz CT molecular complexity index is 1060. The molecule has 31 heavy (non-hydrogen) atoms. The standard InChI is InChI=1S/C25H28N4O2/c1-28-13-15-29(16-14-28)25(30)18-7-10-20(11-8-18)27-23-12-9-19(17-22(23)26)21-5-3-4-6-24(21)31-2/h3-12,17,27H,13-16,26H2,1-2H3. The molecule has 1 fully saturated rings. The van der Waals surface area contributed by atoms with Crippen molar-refractivity contribution in [1.82, 2.24) is 9.80 Å². The number of benzene rings is 3. The number of hydrogen-bond donors (Lipinski definition) is 2. The third kappa shape index (κ3) is 4.64. The van der Waals surface area contributed by atoms with Gasteiger partial charge in [-0.15, -0.1) is 0 Å². The van der Waals surface area contributed by atoms with Crippen LogP contribution in [0.4, 0.5) is 17.1 Å². The average molecular weight is 417 g/mol. The molecule has 0 bridgehead atoms. The molecule has 0 atom stereocenters. The second-order valence-corrected chi connectivity index (χ2v) is 7.80. The van der Waals surface area contributed by atoms with Crippen LogP contribution < -0.4 is 15.8 Å². The molecule has 160 valence electrons. The first-order valence-electron chi connectivity index (χ1n) is 10.4. The number of nitrogen functional groups attached to an aromatic ring is 1. The average Bonchev–Trinajstić information content (AvgIpc) is 2.81. The number of amides is 1. The highest BCUT2D eigenvalue weighted by atomic mass is 16.5. The van der Waals surface area contributed by atoms with E-state index in [4.69, 9.17) is 10.5 Å². The minimum atomic E-state index is 0.0836. The van der Waals surface area contributed by atoms with Crippen molar-refractivity contribution in [2.75, 3.05) is 51.4 Å². The Balaban J connectivity index is 1.46. The summed E-state index contributed by atoms with van der Waals surface area (Å²) < 4.78 is 5.46. The van der Waals surface area contributed by atoms with Crippen LogP contribution >= 0.6 is 0 Å². The highest BCUT2D eigenvalue weighted by Crippen LogP contribution is 2.34. The fourth-order valence-corrected chi connectivity index (χ4v) is 3.77. The Morgan fingerprint density at radius 2 is 1.68 bits per heavy atom. The molecule has 3 N–H and O–H groups in total. The Morgan fingerprint density at radius 1 is 0.968 bits per heavy atom. The molecule has 6 nitrogen and oxygen atoms in total. The number of nitrogens with one attached hydrogen (secondary N) is 1. The van der Waals surface area contributed by atoms with Gasteiger partial charge in [0, 0.05) is 43.0 Å². The molecule has 0 aliphatic carbocycles. The van der Waals surface area contributed by atoms with E-state index in [2.05, 4.69) is 17.3 Å². The van der Waals surface area contributed by atoms with Gasteiger partial charge in [0.2, 0.25) is 0 Å². The number of ether oxygens (including phenoxy) is 1. The summed E-state index contributed by atoms with van der Waals surface area (Å²) in [5.41, 5.74) is 11.3. The molecule has 0 radical (unpaired) electrons. The van der Waals surface area contributed by atoms with Gasteiger partial charge in [0.15, 0.2) is 0 Å². The van der Waals surface area contributed by atoms with Crippen molar-refractivity contribution < 1.29 is 9.53 Å². The van der Waals surface area contributed by atoms with Crippen molar-refractivity contribution in [2.45, 2.75) is 0 Å². The minimum absolute atomic E-state index is 0.0836. The van der Waals surface area contributed by atoms with Crippen molar-refractivity contribution in [3.05, 3.63) is 72.3 Å². The van der Waals surface area contributed by atoms with E-state index in [1.54, 1.807) is 7.11 Å². The van der Waals surface area contributed by atoms with Crippen molar-refractivity contribution >= 4 is 23.0 Å². The highest BCUT2D eigenvalue weighted by Gasteiger charge is 2.20. The van der Waals surface area contributed by atoms with Crippen LogP contribution in [0.15, 0.2) is 66.7 Å². The lowest BCUT2D eigenvalue weighted by Gasteiger charge is -2.32. The Labute approximate surface area is 183 Å². The van der Waals surface area contributed by atoms with Crippen LogP contribution in [0, 0.1) is 0 Å². The van der Waals surface area contributed by atoms with Gasteiger partial charge in [-0.25, -0.2) is 0 Å². The monoisotopic (exact) mass is 416 g/mol. The summed E-state index contributed by atoms with van der Waals surface area (Å²) in [4.78, 5) is 16.9. The summed E-state index contributed by atoms with van der Waals surface area (Å²) in [5, 5.41) is 3.34. The Kier molecular flexibility index (Phi) is 6.09. The van der Waals surface area contributed by atoms with Gasteiger partial charge < -0.3 is 25.6 Å². The molecule has 1 aliphatic heterocycles. The summed E-state index contributed by atoms with van der Waals surface area (Å²) in [6, 6.07) is 21.3. The topological polar surface area (TPSA) is 70.8 Å². The van der Waals surface area contributed by atoms with Gasteiger partial charge >= 0.3 is 0 Å². The quantitative estimate of drug-likeness (QED) is 0.614. The van der Waals surface area contributed by atoms with Gasteiger partial charge in [0.1, 0.15) is 5.75 Å². The second kappa shape index (κ2) is 9.10. The third-order valence-corrected chi connectivity index (χ3v) is 5.67. The van der Waals surface area contributed by atoms with Gasteiger partial charge in [0.05, 0.1) is 18.5 Å². The lowest BCUT2D eigenvalue weighted by atomic mass is 10.0. The van der Waals surface area contributed by atoms with Gasteiger partial charge in [-0.05, 0) is 55.1 Å². The smallest absolute Gasteiger partial charge is 0.253 e. The summed E-state index contributed by atoms with van der Waals surface area (Å²) >= 11 is 0. The van der Waals surface area contributed by atoms with E-state index < -0.39 is 0 Å². The molecule has 4 rings (SSSR count). The van der Waals surface area contributed by atoms with Crippen LogP contribution in [0.2, 0.25) is 0 Å². The number of carbonyl (C=O) groups excluding carboxylic acids is 1. The summed E-state index contributed by atoms with van der Waals surface area (Å²) in [6.07, 6.45) is 0. The van der Waals surface area contributed by atoms with Crippen molar-refractivity contribution in [3.8, 4) is 16.9 Å². The normalized spacial score (nSPS) is 14.3. The zero-order valence-electron chi connectivity index (χ0n) is 18.0. The molecule has 6 heteroatoms. The molecule has 3 aromatic carbocycles. The van der Waals surface area contributed by atoms with Gasteiger partial charge in [-0.3, -0.25) is 4.79 Å². The number of anilines is 3. The number of likely N-dealkylation sites (N-methyl/N-ethyl adjacent to an activating group) is 1. The van der Waals surface area contributed by atoms with Gasteiger partial charge in [-0.1, -0.05) is 24.3 Å². The van der Waals surface area contributed by atoms with Gasteiger partial charge in [0.25, 0.3) is 5.91 Å². The summed E-state index contributed by atoms with van der Waals surface area (Å²) in [5.74, 6) is 0.892. The van der Waals surface area contributed by atoms with Crippen molar-refractivity contribution in [2.24, 2.45) is 0 Å². The molecule has 0 aromatic heterocycles. The molecule has 1 saturated heterocycles. The number of piperazine rings is 1. The van der Waals surface area contributed by atoms with E-state index in [-0.39, 0.29) is 5.91 Å². The fourth-order valence-electron chi connectivity index (χ4n) is 3.77. The van der Waals surface area contributed by atoms with Crippen LogP contribution in [0.5, 0.6) is 5.75 Å².